The average molecular weight is 384 g/mol. The Morgan fingerprint density at radius 3 is 2.96 bits per heavy atom. The van der Waals surface area contributed by atoms with Gasteiger partial charge in [0.15, 0.2) is 5.69 Å². The monoisotopic (exact) mass is 383 g/mol. The van der Waals surface area contributed by atoms with E-state index in [2.05, 4.69) is 52.2 Å². The molecule has 5 heteroatoms. The summed E-state index contributed by atoms with van der Waals surface area (Å²) in [6, 6.07) is 14.3. The molecule has 0 spiro atoms. The van der Waals surface area contributed by atoms with Gasteiger partial charge < -0.3 is 4.90 Å². The molecule has 2 aromatic heterocycles. The molecule has 4 nitrogen and oxygen atoms in total. The molecule has 3 aromatic rings. The van der Waals surface area contributed by atoms with Crippen LogP contribution in [0.15, 0.2) is 53.1 Å². The van der Waals surface area contributed by atoms with E-state index < -0.39 is 0 Å². The molecule has 1 aliphatic heterocycles. The number of carbonyl (C=O) groups is 1. The number of pyridine rings is 1. The van der Waals surface area contributed by atoms with Crippen LogP contribution in [-0.2, 0) is 6.42 Å². The summed E-state index contributed by atoms with van der Waals surface area (Å²) < 4.78 is 2.69. The highest BCUT2D eigenvalue weighted by Crippen LogP contribution is 2.33. The Morgan fingerprint density at radius 2 is 2.12 bits per heavy atom. The zero-order valence-corrected chi connectivity index (χ0v) is 15.0. The Hall–Kier alpha value is -2.14. The lowest BCUT2D eigenvalue weighted by Gasteiger charge is -2.36. The van der Waals surface area contributed by atoms with Gasteiger partial charge in [-0.25, -0.2) is 4.52 Å². The summed E-state index contributed by atoms with van der Waals surface area (Å²) in [4.78, 5) is 15.0. The maximum atomic E-state index is 13.1. The number of aromatic nitrogens is 2. The van der Waals surface area contributed by atoms with Crippen molar-refractivity contribution in [2.45, 2.75) is 25.8 Å². The van der Waals surface area contributed by atoms with Crippen molar-refractivity contribution >= 4 is 27.4 Å². The van der Waals surface area contributed by atoms with Crippen molar-refractivity contribution in [2.75, 3.05) is 6.54 Å². The summed E-state index contributed by atoms with van der Waals surface area (Å²) in [7, 11) is 0. The van der Waals surface area contributed by atoms with E-state index >= 15 is 0 Å². The van der Waals surface area contributed by atoms with Gasteiger partial charge in [0.1, 0.15) is 0 Å². The molecular weight excluding hydrogens is 366 g/mol. The molecule has 1 unspecified atom stereocenters. The normalized spacial score (nSPS) is 17.1. The largest absolute Gasteiger partial charge is 0.330 e. The van der Waals surface area contributed by atoms with Gasteiger partial charge in [-0.05, 0) is 58.1 Å². The maximum Gasteiger partial charge on any atom is 0.274 e. The fourth-order valence-corrected chi connectivity index (χ4v) is 3.87. The van der Waals surface area contributed by atoms with E-state index in [0.29, 0.717) is 5.69 Å². The zero-order valence-electron chi connectivity index (χ0n) is 13.4. The summed E-state index contributed by atoms with van der Waals surface area (Å²) in [5, 5.41) is 4.47. The average Bonchev–Trinajstić information content (AvgIpc) is 3.03. The van der Waals surface area contributed by atoms with Gasteiger partial charge in [-0.15, -0.1) is 0 Å². The van der Waals surface area contributed by atoms with Crippen LogP contribution in [0.5, 0.6) is 0 Å². The van der Waals surface area contributed by atoms with Gasteiger partial charge in [0.25, 0.3) is 5.91 Å². The van der Waals surface area contributed by atoms with E-state index in [4.69, 9.17) is 0 Å². The highest BCUT2D eigenvalue weighted by atomic mass is 79.9. The molecular formula is C19H18BrN3O. The molecule has 0 bridgehead atoms. The van der Waals surface area contributed by atoms with E-state index in [-0.39, 0.29) is 11.9 Å². The van der Waals surface area contributed by atoms with Crippen molar-refractivity contribution in [1.82, 2.24) is 14.5 Å². The Kier molecular flexibility index (Phi) is 3.88. The van der Waals surface area contributed by atoms with Crippen LogP contribution in [0.3, 0.4) is 0 Å². The van der Waals surface area contributed by atoms with Gasteiger partial charge in [0, 0.05) is 17.2 Å². The third-order valence-corrected chi connectivity index (χ3v) is 5.17. The second-order valence-electron chi connectivity index (χ2n) is 6.12. The topological polar surface area (TPSA) is 37.6 Å². The van der Waals surface area contributed by atoms with Crippen LogP contribution in [0.4, 0.5) is 0 Å². The maximum absolute atomic E-state index is 13.1. The van der Waals surface area contributed by atoms with Gasteiger partial charge in [0.05, 0.1) is 11.6 Å². The predicted molar refractivity (Wildman–Crippen MR) is 97.1 cm³/mol. The van der Waals surface area contributed by atoms with Crippen LogP contribution in [0.2, 0.25) is 0 Å². The van der Waals surface area contributed by atoms with E-state index in [1.165, 1.54) is 11.1 Å². The number of hydrogen-bond acceptors (Lipinski definition) is 2. The molecule has 0 saturated carbocycles. The van der Waals surface area contributed by atoms with E-state index in [1.807, 2.05) is 29.3 Å². The molecule has 0 N–H and O–H groups in total. The Labute approximate surface area is 149 Å². The lowest BCUT2D eigenvalue weighted by atomic mass is 9.91. The quantitative estimate of drug-likeness (QED) is 0.663. The predicted octanol–water partition coefficient (Wildman–Crippen LogP) is 4.25. The number of carbonyl (C=O) groups excluding carboxylic acids is 1. The van der Waals surface area contributed by atoms with Crippen molar-refractivity contribution in [3.05, 3.63) is 70.0 Å². The molecule has 0 fully saturated rings. The second kappa shape index (κ2) is 6.06. The van der Waals surface area contributed by atoms with Crippen molar-refractivity contribution in [2.24, 2.45) is 0 Å². The number of halogens is 1. The fraction of sp³-hybridized carbons (Fsp3) is 0.263. The molecule has 3 heterocycles. The molecule has 4 rings (SSSR count). The molecule has 0 saturated heterocycles. The number of fused-ring (bicyclic) bond motifs is 2. The lowest BCUT2D eigenvalue weighted by Crippen LogP contribution is -2.40. The minimum Gasteiger partial charge on any atom is -0.330 e. The van der Waals surface area contributed by atoms with E-state index in [9.17, 15) is 4.79 Å². The molecule has 0 radical (unpaired) electrons. The van der Waals surface area contributed by atoms with Crippen LogP contribution < -0.4 is 0 Å². The number of benzene rings is 1. The van der Waals surface area contributed by atoms with E-state index in [0.717, 1.165) is 29.4 Å². The third kappa shape index (κ3) is 2.53. The number of rotatable bonds is 2. The summed E-state index contributed by atoms with van der Waals surface area (Å²) in [5.74, 6) is 0.0103. The van der Waals surface area contributed by atoms with Gasteiger partial charge >= 0.3 is 0 Å². The van der Waals surface area contributed by atoms with Crippen molar-refractivity contribution in [3.8, 4) is 0 Å². The van der Waals surface area contributed by atoms with Crippen LogP contribution in [-0.4, -0.2) is 27.0 Å². The highest BCUT2D eigenvalue weighted by molar-refractivity contribution is 9.10. The van der Waals surface area contributed by atoms with Crippen LogP contribution in [0.1, 0.15) is 41.0 Å². The summed E-state index contributed by atoms with van der Waals surface area (Å²) >= 11 is 3.44. The molecule has 1 amide bonds. The van der Waals surface area contributed by atoms with Gasteiger partial charge in [-0.2, -0.15) is 5.10 Å². The zero-order chi connectivity index (χ0) is 16.7. The minimum absolute atomic E-state index is 0.0103. The van der Waals surface area contributed by atoms with Gasteiger partial charge in [0.2, 0.25) is 0 Å². The van der Waals surface area contributed by atoms with Crippen LogP contribution in [0.25, 0.3) is 5.52 Å². The summed E-state index contributed by atoms with van der Waals surface area (Å²) in [6.45, 7) is 2.87. The summed E-state index contributed by atoms with van der Waals surface area (Å²) in [6.07, 6.45) is 3.67. The molecule has 0 aliphatic carbocycles. The first-order chi connectivity index (χ1) is 11.7. The first kappa shape index (κ1) is 15.4. The van der Waals surface area contributed by atoms with Crippen molar-refractivity contribution in [1.29, 1.82) is 0 Å². The Bertz CT molecular complexity index is 918. The first-order valence-electron chi connectivity index (χ1n) is 8.21. The fourth-order valence-electron chi connectivity index (χ4n) is 3.55. The molecule has 1 aromatic carbocycles. The lowest BCUT2D eigenvalue weighted by molar-refractivity contribution is 0.0649. The summed E-state index contributed by atoms with van der Waals surface area (Å²) in [5.41, 5.74) is 4.05. The number of amides is 1. The van der Waals surface area contributed by atoms with Gasteiger partial charge in [-0.1, -0.05) is 31.2 Å². The number of hydrogen-bond donors (Lipinski definition) is 0. The SMILES string of the molecule is CCC1c2ccccc2CCN1C(=O)c1cc2ccc(Br)cn2n1. The first-order valence-corrected chi connectivity index (χ1v) is 9.00. The third-order valence-electron chi connectivity index (χ3n) is 4.70. The second-order valence-corrected chi connectivity index (χ2v) is 7.03. The molecule has 24 heavy (non-hydrogen) atoms. The Morgan fingerprint density at radius 1 is 1.29 bits per heavy atom. The van der Waals surface area contributed by atoms with Gasteiger partial charge in [-0.3, -0.25) is 4.79 Å². The molecule has 1 aliphatic rings. The molecule has 1 atom stereocenters. The van der Waals surface area contributed by atoms with Crippen LogP contribution >= 0.6 is 15.9 Å². The molecule has 122 valence electrons. The van der Waals surface area contributed by atoms with Crippen molar-refractivity contribution in [3.63, 3.8) is 0 Å². The van der Waals surface area contributed by atoms with Crippen molar-refractivity contribution < 1.29 is 4.79 Å². The standard InChI is InChI=1S/C19H18BrN3O/c1-2-18-16-6-4-3-5-13(16)9-10-22(18)19(24)17-11-15-8-7-14(20)12-23(15)21-17/h3-8,11-12,18H,2,9-10H2,1H3. The smallest absolute Gasteiger partial charge is 0.274 e. The van der Waals surface area contributed by atoms with Crippen LogP contribution in [0, 0.1) is 0 Å². The Balaban J connectivity index is 1.70. The minimum atomic E-state index is 0.0103. The van der Waals surface area contributed by atoms with E-state index in [1.54, 1.807) is 4.52 Å². The highest BCUT2D eigenvalue weighted by Gasteiger charge is 2.31. The number of nitrogens with zero attached hydrogens (tertiary/aromatic N) is 3.